The minimum absolute atomic E-state index is 0.114. The van der Waals surface area contributed by atoms with Gasteiger partial charge >= 0.3 is 6.09 Å². The first-order valence-electron chi connectivity index (χ1n) is 9.48. The fraction of sp³-hybridized carbons (Fsp3) is 0.450. The molecular formula is C20H26N4O4. The normalized spacial score (nSPS) is 15.2. The number of aryl methyl sites for hydroxylation is 1. The van der Waals surface area contributed by atoms with E-state index in [0.29, 0.717) is 38.7 Å². The zero-order chi connectivity index (χ0) is 20.1. The summed E-state index contributed by atoms with van der Waals surface area (Å²) in [5.41, 5.74) is 1.78. The molecule has 0 saturated carbocycles. The maximum absolute atomic E-state index is 12.7. The third-order valence-corrected chi connectivity index (χ3v) is 4.63. The SMILES string of the molecule is CCOC(=O)N1CCN(C(=O)[C@H](C)Oc2nn(-c3ccccc3)cc2C)CC1. The van der Waals surface area contributed by atoms with Crippen LogP contribution in [0.4, 0.5) is 4.79 Å². The van der Waals surface area contributed by atoms with Gasteiger partial charge in [-0.05, 0) is 32.9 Å². The maximum atomic E-state index is 12.7. The van der Waals surface area contributed by atoms with Crippen LogP contribution in [-0.2, 0) is 9.53 Å². The summed E-state index contributed by atoms with van der Waals surface area (Å²) in [6.45, 7) is 7.58. The number of aromatic nitrogens is 2. The second kappa shape index (κ2) is 8.77. The molecule has 0 N–H and O–H groups in total. The van der Waals surface area contributed by atoms with E-state index in [1.165, 1.54) is 0 Å². The standard InChI is InChI=1S/C20H26N4O4/c1-4-27-20(26)23-12-10-22(11-13-23)19(25)16(3)28-18-15(2)14-24(21-18)17-8-6-5-7-9-17/h5-9,14,16H,4,10-13H2,1-3H3/t16-/m0/s1. The van der Waals surface area contributed by atoms with Gasteiger partial charge in [-0.1, -0.05) is 18.2 Å². The fourth-order valence-corrected chi connectivity index (χ4v) is 3.07. The third-order valence-electron chi connectivity index (χ3n) is 4.63. The van der Waals surface area contributed by atoms with Gasteiger partial charge in [-0.2, -0.15) is 0 Å². The van der Waals surface area contributed by atoms with Crippen LogP contribution < -0.4 is 4.74 Å². The van der Waals surface area contributed by atoms with Crippen molar-refractivity contribution in [1.29, 1.82) is 0 Å². The molecule has 2 aromatic rings. The van der Waals surface area contributed by atoms with Crippen molar-refractivity contribution in [1.82, 2.24) is 19.6 Å². The predicted molar refractivity (Wildman–Crippen MR) is 104 cm³/mol. The molecule has 1 atom stereocenters. The van der Waals surface area contributed by atoms with Crippen molar-refractivity contribution < 1.29 is 19.1 Å². The smallest absolute Gasteiger partial charge is 0.409 e. The van der Waals surface area contributed by atoms with E-state index in [1.807, 2.05) is 43.5 Å². The van der Waals surface area contributed by atoms with Gasteiger partial charge in [-0.25, -0.2) is 9.48 Å². The summed E-state index contributed by atoms with van der Waals surface area (Å²) < 4.78 is 12.6. The van der Waals surface area contributed by atoms with Crippen LogP contribution in [0.25, 0.3) is 5.69 Å². The van der Waals surface area contributed by atoms with Gasteiger partial charge in [0.25, 0.3) is 5.91 Å². The molecule has 1 aliphatic rings. The van der Waals surface area contributed by atoms with E-state index >= 15 is 0 Å². The van der Waals surface area contributed by atoms with Crippen LogP contribution in [0.1, 0.15) is 19.4 Å². The highest BCUT2D eigenvalue weighted by atomic mass is 16.6. The molecule has 0 aliphatic carbocycles. The summed E-state index contributed by atoms with van der Waals surface area (Å²) in [6.07, 6.45) is 0.882. The number of amides is 2. The van der Waals surface area contributed by atoms with Crippen LogP contribution in [0, 0.1) is 6.92 Å². The molecule has 0 bridgehead atoms. The monoisotopic (exact) mass is 386 g/mol. The molecule has 3 rings (SSSR count). The lowest BCUT2D eigenvalue weighted by Crippen LogP contribution is -2.53. The summed E-state index contributed by atoms with van der Waals surface area (Å²) in [5.74, 6) is 0.326. The largest absolute Gasteiger partial charge is 0.463 e. The Labute approximate surface area is 164 Å². The van der Waals surface area contributed by atoms with Gasteiger partial charge in [0, 0.05) is 37.9 Å². The van der Waals surface area contributed by atoms with Gasteiger partial charge in [0.1, 0.15) is 0 Å². The molecule has 8 heteroatoms. The summed E-state index contributed by atoms with van der Waals surface area (Å²) >= 11 is 0. The number of carbonyl (C=O) groups is 2. The van der Waals surface area contributed by atoms with Gasteiger partial charge in [0.2, 0.25) is 5.88 Å². The molecule has 1 aliphatic heterocycles. The fourth-order valence-electron chi connectivity index (χ4n) is 3.07. The van der Waals surface area contributed by atoms with Crippen LogP contribution in [0.15, 0.2) is 36.5 Å². The van der Waals surface area contributed by atoms with Crippen LogP contribution in [-0.4, -0.2) is 70.5 Å². The summed E-state index contributed by atoms with van der Waals surface area (Å²) in [6, 6.07) is 9.73. The van der Waals surface area contributed by atoms with Gasteiger partial charge in [-0.15, -0.1) is 5.10 Å². The van der Waals surface area contributed by atoms with Gasteiger partial charge in [0.15, 0.2) is 6.10 Å². The van der Waals surface area contributed by atoms with Crippen molar-refractivity contribution in [3.63, 3.8) is 0 Å². The average Bonchev–Trinajstić information content (AvgIpc) is 3.08. The molecule has 0 radical (unpaired) electrons. The predicted octanol–water partition coefficient (Wildman–Crippen LogP) is 2.25. The molecule has 28 heavy (non-hydrogen) atoms. The number of para-hydroxylation sites is 1. The van der Waals surface area contributed by atoms with E-state index in [1.54, 1.807) is 28.3 Å². The highest BCUT2D eigenvalue weighted by molar-refractivity contribution is 5.81. The molecule has 0 spiro atoms. The Hall–Kier alpha value is -3.03. The van der Waals surface area contributed by atoms with E-state index in [0.717, 1.165) is 11.3 Å². The quantitative estimate of drug-likeness (QED) is 0.788. The minimum Gasteiger partial charge on any atom is -0.463 e. The van der Waals surface area contributed by atoms with E-state index in [9.17, 15) is 9.59 Å². The zero-order valence-electron chi connectivity index (χ0n) is 16.5. The highest BCUT2D eigenvalue weighted by Crippen LogP contribution is 2.20. The van der Waals surface area contributed by atoms with Crippen molar-refractivity contribution in [2.24, 2.45) is 0 Å². The number of ether oxygens (including phenoxy) is 2. The number of piperazine rings is 1. The Morgan fingerprint density at radius 1 is 1.11 bits per heavy atom. The van der Waals surface area contributed by atoms with Crippen molar-refractivity contribution in [2.75, 3.05) is 32.8 Å². The average molecular weight is 386 g/mol. The number of nitrogens with zero attached hydrogens (tertiary/aromatic N) is 4. The lowest BCUT2D eigenvalue weighted by atomic mass is 10.2. The Morgan fingerprint density at radius 3 is 2.39 bits per heavy atom. The Bertz CT molecular complexity index is 813. The first kappa shape index (κ1) is 19.7. The van der Waals surface area contributed by atoms with Crippen LogP contribution in [0.3, 0.4) is 0 Å². The van der Waals surface area contributed by atoms with Crippen molar-refractivity contribution in [3.8, 4) is 11.6 Å². The first-order chi connectivity index (χ1) is 13.5. The second-order valence-corrected chi connectivity index (χ2v) is 6.67. The third kappa shape index (κ3) is 4.44. The summed E-state index contributed by atoms with van der Waals surface area (Å²) in [4.78, 5) is 27.8. The number of carbonyl (C=O) groups excluding carboxylic acids is 2. The van der Waals surface area contributed by atoms with Gasteiger partial charge in [-0.3, -0.25) is 4.79 Å². The van der Waals surface area contributed by atoms with E-state index in [-0.39, 0.29) is 12.0 Å². The van der Waals surface area contributed by atoms with Crippen molar-refractivity contribution in [3.05, 3.63) is 42.1 Å². The van der Waals surface area contributed by atoms with Gasteiger partial charge in [0.05, 0.1) is 12.3 Å². The lowest BCUT2D eigenvalue weighted by Gasteiger charge is -2.35. The summed E-state index contributed by atoms with van der Waals surface area (Å²) in [7, 11) is 0. The highest BCUT2D eigenvalue weighted by Gasteiger charge is 2.29. The van der Waals surface area contributed by atoms with Crippen LogP contribution >= 0.6 is 0 Å². The molecule has 2 heterocycles. The number of hydrogen-bond acceptors (Lipinski definition) is 5. The molecule has 1 fully saturated rings. The molecule has 0 unspecified atom stereocenters. The number of rotatable bonds is 5. The Morgan fingerprint density at radius 2 is 1.75 bits per heavy atom. The molecule has 8 nitrogen and oxygen atoms in total. The lowest BCUT2D eigenvalue weighted by molar-refractivity contribution is -0.139. The maximum Gasteiger partial charge on any atom is 0.409 e. The number of benzene rings is 1. The minimum atomic E-state index is -0.660. The molecule has 1 aromatic heterocycles. The molecule has 150 valence electrons. The molecular weight excluding hydrogens is 360 g/mol. The van der Waals surface area contributed by atoms with Crippen molar-refractivity contribution >= 4 is 12.0 Å². The second-order valence-electron chi connectivity index (χ2n) is 6.67. The topological polar surface area (TPSA) is 76.9 Å². The van der Waals surface area contributed by atoms with E-state index < -0.39 is 6.10 Å². The van der Waals surface area contributed by atoms with E-state index in [4.69, 9.17) is 9.47 Å². The van der Waals surface area contributed by atoms with Gasteiger partial charge < -0.3 is 19.3 Å². The molecule has 1 saturated heterocycles. The van der Waals surface area contributed by atoms with E-state index in [2.05, 4.69) is 5.10 Å². The first-order valence-corrected chi connectivity index (χ1v) is 9.48. The Balaban J connectivity index is 1.58. The van der Waals surface area contributed by atoms with Crippen LogP contribution in [0.5, 0.6) is 5.88 Å². The van der Waals surface area contributed by atoms with Crippen molar-refractivity contribution in [2.45, 2.75) is 26.9 Å². The number of hydrogen-bond donors (Lipinski definition) is 0. The zero-order valence-corrected chi connectivity index (χ0v) is 16.5. The molecule has 1 aromatic carbocycles. The summed E-state index contributed by atoms with van der Waals surface area (Å²) in [5, 5.41) is 4.46. The molecule has 2 amide bonds. The Kier molecular flexibility index (Phi) is 6.18. The van der Waals surface area contributed by atoms with Crippen LogP contribution in [0.2, 0.25) is 0 Å².